The molecule has 0 radical (unpaired) electrons. The molecule has 0 amide bonds. The van der Waals surface area contributed by atoms with Crippen molar-refractivity contribution < 1.29 is 0 Å². The Morgan fingerprint density at radius 1 is 1.75 bits per heavy atom. The van der Waals surface area contributed by atoms with Crippen molar-refractivity contribution in [1.29, 1.82) is 5.41 Å². The van der Waals surface area contributed by atoms with Crippen molar-refractivity contribution in [3.8, 4) is 0 Å². The number of hydrogen-bond acceptors (Lipinski definition) is 3. The monoisotopic (exact) mass is 131 g/mol. The fourth-order valence-electron chi connectivity index (χ4n) is 0.205. The Morgan fingerprint density at radius 3 is 2.38 bits per heavy atom. The van der Waals surface area contributed by atoms with E-state index in [1.165, 1.54) is 11.8 Å². The van der Waals surface area contributed by atoms with E-state index in [1.54, 1.807) is 7.05 Å². The van der Waals surface area contributed by atoms with Gasteiger partial charge in [-0.05, 0) is 18.7 Å². The van der Waals surface area contributed by atoms with Crippen molar-refractivity contribution in [2.75, 3.05) is 7.05 Å². The van der Waals surface area contributed by atoms with E-state index in [0.717, 1.165) is 5.04 Å². The number of nitrogens with one attached hydrogen (secondary N) is 1. The molecule has 0 rings (SSSR count). The minimum absolute atomic E-state index is 0.0908. The van der Waals surface area contributed by atoms with E-state index in [0.29, 0.717) is 0 Å². The van der Waals surface area contributed by atoms with Crippen LogP contribution in [-0.4, -0.2) is 17.3 Å². The molecule has 0 aromatic carbocycles. The van der Waals surface area contributed by atoms with Crippen LogP contribution in [0, 0.1) is 5.41 Å². The third-order valence-electron chi connectivity index (χ3n) is 0.573. The highest BCUT2D eigenvalue weighted by molar-refractivity contribution is 8.26. The molecular weight excluding hydrogens is 122 g/mol. The predicted octanol–water partition coefficient (Wildman–Crippen LogP) is 0.661. The maximum absolute atomic E-state index is 6.79. The van der Waals surface area contributed by atoms with Gasteiger partial charge in [0.05, 0.1) is 5.04 Å². The lowest BCUT2D eigenvalue weighted by Gasteiger charge is -1.92. The lowest BCUT2D eigenvalue weighted by molar-refractivity contribution is 1.45. The van der Waals surface area contributed by atoms with Gasteiger partial charge in [-0.15, -0.1) is 0 Å². The zero-order valence-electron chi connectivity index (χ0n) is 4.93. The smallest absolute Gasteiger partial charge is 0.157 e. The number of nitrogens with zero attached hydrogens (tertiary/aromatic N) is 1. The molecule has 0 atom stereocenters. The van der Waals surface area contributed by atoms with Crippen molar-refractivity contribution in [3.63, 3.8) is 0 Å². The minimum Gasteiger partial charge on any atom is -0.378 e. The molecule has 0 aromatic rings. The summed E-state index contributed by atoms with van der Waals surface area (Å²) in [5, 5.41) is 7.70. The van der Waals surface area contributed by atoms with Gasteiger partial charge in [-0.1, -0.05) is 0 Å². The molecule has 0 aliphatic carbocycles. The summed E-state index contributed by atoms with van der Waals surface area (Å²) in [6, 6.07) is 0. The van der Waals surface area contributed by atoms with Crippen molar-refractivity contribution in [2.45, 2.75) is 6.92 Å². The SMILES string of the molecule is C/N=C(/C)SC(=N)N. The molecule has 3 N–H and O–H groups in total. The first-order chi connectivity index (χ1) is 3.66. The van der Waals surface area contributed by atoms with Crippen LogP contribution in [0.5, 0.6) is 0 Å². The van der Waals surface area contributed by atoms with Gasteiger partial charge in [-0.25, -0.2) is 0 Å². The first-order valence-corrected chi connectivity index (χ1v) is 2.93. The highest BCUT2D eigenvalue weighted by atomic mass is 32.2. The normalized spacial score (nSPS) is 11.5. The topological polar surface area (TPSA) is 62.2 Å². The third-order valence-corrected chi connectivity index (χ3v) is 1.27. The second kappa shape index (κ2) is 3.49. The molecule has 0 spiro atoms. The van der Waals surface area contributed by atoms with E-state index in [9.17, 15) is 0 Å². The average molecular weight is 131 g/mol. The van der Waals surface area contributed by atoms with Crippen LogP contribution < -0.4 is 5.73 Å². The summed E-state index contributed by atoms with van der Waals surface area (Å²) in [7, 11) is 1.67. The second-order valence-corrected chi connectivity index (χ2v) is 2.44. The Labute approximate surface area is 52.9 Å². The van der Waals surface area contributed by atoms with Crippen molar-refractivity contribution in [3.05, 3.63) is 0 Å². The minimum atomic E-state index is 0.0908. The van der Waals surface area contributed by atoms with Gasteiger partial charge in [0, 0.05) is 7.05 Å². The van der Waals surface area contributed by atoms with Gasteiger partial charge < -0.3 is 5.73 Å². The van der Waals surface area contributed by atoms with Crippen LogP contribution in [0.25, 0.3) is 0 Å². The first-order valence-electron chi connectivity index (χ1n) is 2.12. The van der Waals surface area contributed by atoms with Crippen LogP contribution in [0.15, 0.2) is 4.99 Å². The van der Waals surface area contributed by atoms with Crippen LogP contribution in [0.3, 0.4) is 0 Å². The molecule has 3 nitrogen and oxygen atoms in total. The van der Waals surface area contributed by atoms with E-state index in [1.807, 2.05) is 6.92 Å². The van der Waals surface area contributed by atoms with Crippen molar-refractivity contribution in [1.82, 2.24) is 0 Å². The molecule has 0 aliphatic rings. The second-order valence-electron chi connectivity index (χ2n) is 1.21. The molecule has 0 fully saturated rings. The van der Waals surface area contributed by atoms with Crippen LogP contribution in [0.1, 0.15) is 6.92 Å². The zero-order chi connectivity index (χ0) is 6.57. The molecule has 0 bridgehead atoms. The maximum atomic E-state index is 6.79. The number of nitrogens with two attached hydrogens (primary N) is 1. The van der Waals surface area contributed by atoms with E-state index < -0.39 is 0 Å². The lowest BCUT2D eigenvalue weighted by Crippen LogP contribution is -2.05. The highest BCUT2D eigenvalue weighted by Gasteiger charge is 1.90. The zero-order valence-corrected chi connectivity index (χ0v) is 5.75. The number of aliphatic imine (C=N–C) groups is 1. The standard InChI is InChI=1S/C4H9N3S/c1-3(7-2)8-4(5)6/h1-2H3,(H3,5,6)/b7-3-. The van der Waals surface area contributed by atoms with Crippen molar-refractivity contribution in [2.24, 2.45) is 10.7 Å². The molecule has 0 saturated heterocycles. The fraction of sp³-hybridized carbons (Fsp3) is 0.500. The number of thioether (sulfide) groups is 1. The van der Waals surface area contributed by atoms with E-state index >= 15 is 0 Å². The average Bonchev–Trinajstić information content (AvgIpc) is 1.65. The fourth-order valence-corrected chi connectivity index (χ4v) is 0.614. The highest BCUT2D eigenvalue weighted by Crippen LogP contribution is 1.99. The Bertz CT molecular complexity index is 118. The molecule has 8 heavy (non-hydrogen) atoms. The van der Waals surface area contributed by atoms with Gasteiger partial charge in [0.15, 0.2) is 5.17 Å². The Balaban J connectivity index is 3.56. The van der Waals surface area contributed by atoms with Crippen LogP contribution in [-0.2, 0) is 0 Å². The maximum Gasteiger partial charge on any atom is 0.157 e. The predicted molar refractivity (Wildman–Crippen MR) is 38.5 cm³/mol. The molecule has 0 aromatic heterocycles. The number of hydrogen-bond donors (Lipinski definition) is 2. The molecule has 0 heterocycles. The van der Waals surface area contributed by atoms with Gasteiger partial charge in [-0.3, -0.25) is 10.4 Å². The van der Waals surface area contributed by atoms with Crippen LogP contribution in [0.2, 0.25) is 0 Å². The summed E-state index contributed by atoms with van der Waals surface area (Å²) in [5.74, 6) is 0. The van der Waals surface area contributed by atoms with Gasteiger partial charge in [-0.2, -0.15) is 0 Å². The van der Waals surface area contributed by atoms with Crippen LogP contribution >= 0.6 is 11.8 Å². The Morgan fingerprint density at radius 2 is 2.25 bits per heavy atom. The Hall–Kier alpha value is -0.510. The third kappa shape index (κ3) is 3.67. The summed E-state index contributed by atoms with van der Waals surface area (Å²) in [5.41, 5.74) is 5.03. The van der Waals surface area contributed by atoms with Gasteiger partial charge in [0.2, 0.25) is 0 Å². The quantitative estimate of drug-likeness (QED) is 0.375. The molecule has 4 heteroatoms. The Kier molecular flexibility index (Phi) is 3.26. The van der Waals surface area contributed by atoms with E-state index in [-0.39, 0.29) is 5.17 Å². The van der Waals surface area contributed by atoms with Gasteiger partial charge >= 0.3 is 0 Å². The van der Waals surface area contributed by atoms with Crippen molar-refractivity contribution >= 4 is 22.0 Å². The summed E-state index contributed by atoms with van der Waals surface area (Å²) in [4.78, 5) is 3.79. The molecular formula is C4H9N3S. The molecule has 0 unspecified atom stereocenters. The molecule has 46 valence electrons. The largest absolute Gasteiger partial charge is 0.378 e. The van der Waals surface area contributed by atoms with E-state index in [2.05, 4.69) is 4.99 Å². The summed E-state index contributed by atoms with van der Waals surface area (Å²) >= 11 is 1.17. The molecule has 0 aliphatic heterocycles. The summed E-state index contributed by atoms with van der Waals surface area (Å²) in [6.07, 6.45) is 0. The van der Waals surface area contributed by atoms with E-state index in [4.69, 9.17) is 11.1 Å². The first kappa shape index (κ1) is 7.49. The van der Waals surface area contributed by atoms with Crippen LogP contribution in [0.4, 0.5) is 0 Å². The molecule has 0 saturated carbocycles. The summed E-state index contributed by atoms with van der Waals surface area (Å²) < 4.78 is 0. The summed E-state index contributed by atoms with van der Waals surface area (Å²) in [6.45, 7) is 1.81. The van der Waals surface area contributed by atoms with Gasteiger partial charge in [0.1, 0.15) is 0 Å². The van der Waals surface area contributed by atoms with Gasteiger partial charge in [0.25, 0.3) is 0 Å². The number of amidine groups is 1. The number of rotatable bonds is 0. The lowest BCUT2D eigenvalue weighted by atomic mass is 10.9.